The molecule has 0 atom stereocenters. The van der Waals surface area contributed by atoms with Crippen LogP contribution in [0.5, 0.6) is 0 Å². The molecule has 0 saturated heterocycles. The molecule has 0 spiro atoms. The molecule has 0 heterocycles. The maximum absolute atomic E-state index is 13.6. The van der Waals surface area contributed by atoms with Gasteiger partial charge < -0.3 is 10.4 Å². The molecule has 0 fully saturated rings. The highest BCUT2D eigenvalue weighted by Gasteiger charge is 2.14. The van der Waals surface area contributed by atoms with Crippen LogP contribution in [0.1, 0.15) is 26.3 Å². The highest BCUT2D eigenvalue weighted by Crippen LogP contribution is 2.20. The highest BCUT2D eigenvalue weighted by molar-refractivity contribution is 6.31. The Labute approximate surface area is 125 Å². The van der Waals surface area contributed by atoms with Gasteiger partial charge in [-0.25, -0.2) is 9.18 Å². The van der Waals surface area contributed by atoms with Gasteiger partial charge in [0.2, 0.25) is 0 Å². The van der Waals surface area contributed by atoms with E-state index in [0.717, 1.165) is 6.07 Å². The number of amides is 1. The zero-order valence-corrected chi connectivity index (χ0v) is 11.7. The van der Waals surface area contributed by atoms with Crippen molar-refractivity contribution in [3.8, 4) is 0 Å². The fourth-order valence-corrected chi connectivity index (χ4v) is 1.92. The largest absolute Gasteiger partial charge is 0.478 e. The van der Waals surface area contributed by atoms with E-state index >= 15 is 0 Å². The van der Waals surface area contributed by atoms with E-state index in [1.165, 1.54) is 24.3 Å². The molecule has 1 amide bonds. The number of aromatic carboxylic acids is 1. The first-order valence-corrected chi connectivity index (χ1v) is 6.36. The van der Waals surface area contributed by atoms with Gasteiger partial charge in [-0.1, -0.05) is 17.7 Å². The molecule has 0 unspecified atom stereocenters. The van der Waals surface area contributed by atoms with Crippen molar-refractivity contribution >= 4 is 29.2 Å². The van der Waals surface area contributed by atoms with E-state index in [1.54, 1.807) is 13.0 Å². The first kappa shape index (κ1) is 15.0. The normalized spacial score (nSPS) is 10.2. The van der Waals surface area contributed by atoms with Gasteiger partial charge in [-0.15, -0.1) is 0 Å². The Bertz CT molecular complexity index is 731. The van der Waals surface area contributed by atoms with Crippen molar-refractivity contribution in [2.45, 2.75) is 6.92 Å². The van der Waals surface area contributed by atoms with Gasteiger partial charge in [0.1, 0.15) is 5.82 Å². The molecule has 2 N–H and O–H groups in total. The van der Waals surface area contributed by atoms with E-state index in [4.69, 9.17) is 16.7 Å². The Hall–Kier alpha value is -2.40. The Kier molecular flexibility index (Phi) is 4.23. The van der Waals surface area contributed by atoms with Crippen molar-refractivity contribution in [2.75, 3.05) is 5.32 Å². The Balaban J connectivity index is 2.33. The molecule has 0 aliphatic heterocycles. The number of carbonyl (C=O) groups is 2. The summed E-state index contributed by atoms with van der Waals surface area (Å²) in [6.07, 6.45) is 0. The monoisotopic (exact) mass is 307 g/mol. The highest BCUT2D eigenvalue weighted by atomic mass is 35.5. The number of halogens is 2. The lowest BCUT2D eigenvalue weighted by atomic mass is 10.1. The third kappa shape index (κ3) is 3.38. The summed E-state index contributed by atoms with van der Waals surface area (Å²) in [5.74, 6) is -2.51. The molecule has 0 saturated carbocycles. The van der Waals surface area contributed by atoms with E-state index in [9.17, 15) is 14.0 Å². The second-order valence-corrected chi connectivity index (χ2v) is 4.85. The molecule has 6 heteroatoms. The summed E-state index contributed by atoms with van der Waals surface area (Å²) in [6.45, 7) is 1.70. The van der Waals surface area contributed by atoms with Crippen LogP contribution in [0.4, 0.5) is 10.1 Å². The summed E-state index contributed by atoms with van der Waals surface area (Å²) in [5, 5.41) is 11.7. The van der Waals surface area contributed by atoms with E-state index in [-0.39, 0.29) is 16.1 Å². The van der Waals surface area contributed by atoms with Gasteiger partial charge in [0.25, 0.3) is 5.91 Å². The lowest BCUT2D eigenvalue weighted by Crippen LogP contribution is -2.15. The summed E-state index contributed by atoms with van der Waals surface area (Å²) < 4.78 is 13.6. The lowest BCUT2D eigenvalue weighted by Gasteiger charge is -2.10. The third-order valence-electron chi connectivity index (χ3n) is 2.91. The fourth-order valence-electron chi connectivity index (χ4n) is 1.75. The van der Waals surface area contributed by atoms with Crippen LogP contribution >= 0.6 is 11.6 Å². The van der Waals surface area contributed by atoms with Crippen molar-refractivity contribution in [1.82, 2.24) is 0 Å². The van der Waals surface area contributed by atoms with Crippen LogP contribution in [0.3, 0.4) is 0 Å². The molecule has 0 aromatic heterocycles. The minimum atomic E-state index is -1.11. The maximum atomic E-state index is 13.6. The molecule has 2 aromatic rings. The van der Waals surface area contributed by atoms with Crippen LogP contribution in [-0.4, -0.2) is 17.0 Å². The average molecular weight is 308 g/mol. The standard InChI is InChI=1S/C15H11ClFNO3/c1-8-2-3-9(15(20)21)6-13(8)18-14(19)11-7-10(16)4-5-12(11)17/h2-7H,1H3,(H,18,19)(H,20,21). The zero-order chi connectivity index (χ0) is 15.6. The number of carboxylic acids is 1. The topological polar surface area (TPSA) is 66.4 Å². The molecular weight excluding hydrogens is 297 g/mol. The summed E-state index contributed by atoms with van der Waals surface area (Å²) >= 11 is 5.74. The quantitative estimate of drug-likeness (QED) is 0.907. The third-order valence-corrected chi connectivity index (χ3v) is 3.14. The predicted molar refractivity (Wildman–Crippen MR) is 77.5 cm³/mol. The van der Waals surface area contributed by atoms with Gasteiger partial charge in [0.15, 0.2) is 0 Å². The Morgan fingerprint density at radius 1 is 1.19 bits per heavy atom. The number of hydrogen-bond acceptors (Lipinski definition) is 2. The van der Waals surface area contributed by atoms with Crippen LogP contribution < -0.4 is 5.32 Å². The van der Waals surface area contributed by atoms with Gasteiger partial charge in [-0.3, -0.25) is 4.79 Å². The average Bonchev–Trinajstić information content (AvgIpc) is 2.43. The summed E-state index contributed by atoms with van der Waals surface area (Å²) in [5.41, 5.74) is 0.792. The molecule has 108 valence electrons. The van der Waals surface area contributed by atoms with Crippen LogP contribution in [0.2, 0.25) is 5.02 Å². The predicted octanol–water partition coefficient (Wildman–Crippen LogP) is 3.74. The molecule has 0 radical (unpaired) electrons. The number of hydrogen-bond donors (Lipinski definition) is 2. The van der Waals surface area contributed by atoms with E-state index < -0.39 is 17.7 Å². The molecule has 21 heavy (non-hydrogen) atoms. The number of anilines is 1. The number of aryl methyl sites for hydroxylation is 1. The molecule has 0 aliphatic carbocycles. The van der Waals surface area contributed by atoms with E-state index in [2.05, 4.69) is 5.32 Å². The number of carboxylic acid groups (broad SMARTS) is 1. The van der Waals surface area contributed by atoms with Gasteiger partial charge >= 0.3 is 5.97 Å². The molecule has 4 nitrogen and oxygen atoms in total. The minimum Gasteiger partial charge on any atom is -0.478 e. The number of benzene rings is 2. The lowest BCUT2D eigenvalue weighted by molar-refractivity contribution is 0.0696. The Morgan fingerprint density at radius 2 is 1.90 bits per heavy atom. The van der Waals surface area contributed by atoms with Crippen molar-refractivity contribution in [3.63, 3.8) is 0 Å². The molecule has 2 aromatic carbocycles. The second-order valence-electron chi connectivity index (χ2n) is 4.41. The summed E-state index contributed by atoms with van der Waals surface area (Å²) in [6, 6.07) is 7.95. The van der Waals surface area contributed by atoms with Gasteiger partial charge in [-0.05, 0) is 42.8 Å². The smallest absolute Gasteiger partial charge is 0.335 e. The zero-order valence-electron chi connectivity index (χ0n) is 11.0. The minimum absolute atomic E-state index is 0.0301. The maximum Gasteiger partial charge on any atom is 0.335 e. The van der Waals surface area contributed by atoms with Crippen LogP contribution in [-0.2, 0) is 0 Å². The van der Waals surface area contributed by atoms with Crippen molar-refractivity contribution in [1.29, 1.82) is 0 Å². The van der Waals surface area contributed by atoms with Crippen LogP contribution in [0, 0.1) is 12.7 Å². The second kappa shape index (κ2) is 5.93. The molecular formula is C15H11ClFNO3. The molecule has 0 bridgehead atoms. The summed E-state index contributed by atoms with van der Waals surface area (Å²) in [7, 11) is 0. The molecule has 0 aliphatic rings. The van der Waals surface area contributed by atoms with Crippen molar-refractivity contribution < 1.29 is 19.1 Å². The van der Waals surface area contributed by atoms with E-state index in [1.807, 2.05) is 0 Å². The molecule has 2 rings (SSSR count). The van der Waals surface area contributed by atoms with Gasteiger partial charge in [0.05, 0.1) is 11.1 Å². The first-order chi connectivity index (χ1) is 9.88. The number of carbonyl (C=O) groups excluding carboxylic acids is 1. The number of nitrogens with one attached hydrogen (secondary N) is 1. The van der Waals surface area contributed by atoms with Crippen LogP contribution in [0.15, 0.2) is 36.4 Å². The number of rotatable bonds is 3. The van der Waals surface area contributed by atoms with Crippen molar-refractivity contribution in [2.24, 2.45) is 0 Å². The van der Waals surface area contributed by atoms with Gasteiger partial charge in [0, 0.05) is 10.7 Å². The van der Waals surface area contributed by atoms with Crippen LogP contribution in [0.25, 0.3) is 0 Å². The first-order valence-electron chi connectivity index (χ1n) is 5.99. The van der Waals surface area contributed by atoms with E-state index in [0.29, 0.717) is 11.3 Å². The SMILES string of the molecule is Cc1ccc(C(=O)O)cc1NC(=O)c1cc(Cl)ccc1F. The Morgan fingerprint density at radius 3 is 2.57 bits per heavy atom. The van der Waals surface area contributed by atoms with Crippen molar-refractivity contribution in [3.05, 3.63) is 63.9 Å². The van der Waals surface area contributed by atoms with Gasteiger partial charge in [-0.2, -0.15) is 0 Å². The summed E-state index contributed by atoms with van der Waals surface area (Å²) in [4.78, 5) is 23.0. The fraction of sp³-hybridized carbons (Fsp3) is 0.0667.